The first kappa shape index (κ1) is 20.3. The molecule has 2 spiro atoms. The average molecular weight is 428 g/mol. The molecule has 2 N–H and O–H groups in total. The smallest absolute Gasteiger partial charge is 0.165 e. The second kappa shape index (κ2) is 6.18. The quantitative estimate of drug-likeness (QED) is 0.766. The van der Waals surface area contributed by atoms with Crippen LogP contribution in [0.4, 0.5) is 0 Å². The lowest BCUT2D eigenvalue weighted by atomic mass is 9.36. The number of hydrogen-bond acceptors (Lipinski definition) is 5. The number of likely N-dealkylation sites (tertiary alicyclic amines) is 1. The van der Waals surface area contributed by atoms with E-state index < -0.39 is 11.2 Å². The number of aliphatic hydroxyl groups is 1. The van der Waals surface area contributed by atoms with E-state index in [1.165, 1.54) is 11.1 Å². The molecule has 5 heteroatoms. The van der Waals surface area contributed by atoms with Gasteiger partial charge in [0.05, 0.1) is 5.60 Å². The highest BCUT2D eigenvalue weighted by Crippen LogP contribution is 2.76. The van der Waals surface area contributed by atoms with Crippen LogP contribution in [0, 0.1) is 11.3 Å². The Morgan fingerprint density at radius 1 is 1.29 bits per heavy atom. The zero-order chi connectivity index (χ0) is 21.8. The molecule has 0 amide bonds. The molecule has 31 heavy (non-hydrogen) atoms. The van der Waals surface area contributed by atoms with Crippen LogP contribution in [-0.4, -0.2) is 59.2 Å². The zero-order valence-electron chi connectivity index (χ0n) is 19.4. The topological polar surface area (TPSA) is 62.2 Å². The summed E-state index contributed by atoms with van der Waals surface area (Å²) in [5, 5.41) is 22.7. The minimum atomic E-state index is -0.804. The number of nitrogens with zero attached hydrogens (tertiary/aromatic N) is 1. The molecule has 2 heterocycles. The number of fused-ring (bicyclic) bond motifs is 2. The van der Waals surface area contributed by atoms with Crippen LogP contribution in [0.25, 0.3) is 0 Å². The van der Waals surface area contributed by atoms with Crippen LogP contribution < -0.4 is 4.74 Å². The Morgan fingerprint density at radius 3 is 2.84 bits per heavy atom. The fraction of sp³-hybridized carbons (Fsp3) is 0.769. The molecule has 1 aromatic rings. The van der Waals surface area contributed by atoms with Gasteiger partial charge in [-0.2, -0.15) is 0 Å². The highest BCUT2D eigenvalue weighted by Gasteiger charge is 2.80. The molecule has 0 aromatic heterocycles. The number of phenols is 1. The van der Waals surface area contributed by atoms with Gasteiger partial charge in [-0.05, 0) is 77.1 Å². The SMILES string of the molecule is CCC[C@](C)(O)[C@H]1C[C@@]23CCC1(OC)[C@@H]1Oc4c(O)ccc5c4[C@@]12CCN(C)[C@@H]3CC5. The van der Waals surface area contributed by atoms with E-state index in [1.807, 2.05) is 20.1 Å². The summed E-state index contributed by atoms with van der Waals surface area (Å²) in [6, 6.07) is 4.41. The van der Waals surface area contributed by atoms with Crippen LogP contribution in [0.5, 0.6) is 11.5 Å². The minimum absolute atomic E-state index is 0.0174. The summed E-state index contributed by atoms with van der Waals surface area (Å²) >= 11 is 0. The first-order valence-corrected chi connectivity index (χ1v) is 12.3. The van der Waals surface area contributed by atoms with E-state index in [0.29, 0.717) is 11.8 Å². The first-order valence-electron chi connectivity index (χ1n) is 12.3. The Balaban J connectivity index is 1.65. The van der Waals surface area contributed by atoms with E-state index in [-0.39, 0.29) is 28.6 Å². The largest absolute Gasteiger partial charge is 0.504 e. The Labute approximate surface area is 185 Å². The summed E-state index contributed by atoms with van der Waals surface area (Å²) in [4.78, 5) is 2.59. The molecule has 7 rings (SSSR count). The van der Waals surface area contributed by atoms with E-state index in [9.17, 15) is 10.2 Å². The van der Waals surface area contributed by atoms with Crippen molar-refractivity contribution in [2.75, 3.05) is 20.7 Å². The first-order chi connectivity index (χ1) is 14.8. The van der Waals surface area contributed by atoms with Crippen molar-refractivity contribution in [3.63, 3.8) is 0 Å². The molecular weight excluding hydrogens is 390 g/mol. The number of methoxy groups -OCH3 is 1. The van der Waals surface area contributed by atoms with Crippen LogP contribution in [0.1, 0.15) is 69.9 Å². The van der Waals surface area contributed by atoms with Crippen molar-refractivity contribution in [1.29, 1.82) is 0 Å². The summed E-state index contributed by atoms with van der Waals surface area (Å²) in [6.45, 7) is 5.21. The summed E-state index contributed by atoms with van der Waals surface area (Å²) in [5.74, 6) is 0.984. The maximum Gasteiger partial charge on any atom is 0.165 e. The van der Waals surface area contributed by atoms with E-state index in [4.69, 9.17) is 9.47 Å². The number of aromatic hydroxyl groups is 1. The number of benzene rings is 1. The number of ether oxygens (including phenoxy) is 2. The Morgan fingerprint density at radius 2 is 2.10 bits per heavy atom. The third-order valence-electron chi connectivity index (χ3n) is 10.4. The van der Waals surface area contributed by atoms with Gasteiger partial charge in [0.25, 0.3) is 0 Å². The molecule has 4 bridgehead atoms. The van der Waals surface area contributed by atoms with Gasteiger partial charge in [-0.3, -0.25) is 0 Å². The van der Waals surface area contributed by atoms with Crippen LogP contribution >= 0.6 is 0 Å². The molecule has 170 valence electrons. The standard InChI is InChI=1S/C26H37NO4/c1-5-10-23(2,29)18-15-24-11-12-26(18,30-4)22-25(24)13-14-27(3)19(24)9-7-16-6-8-17(28)21(31-22)20(16)25/h6,8,18-19,22,28-29H,5,7,9-15H2,1-4H3/t18-,19-,22-,23+,24-,25+,26?/m1/s1. The molecule has 3 saturated carbocycles. The fourth-order valence-electron chi connectivity index (χ4n) is 9.36. The van der Waals surface area contributed by atoms with Gasteiger partial charge in [0.1, 0.15) is 11.7 Å². The van der Waals surface area contributed by atoms with Crippen LogP contribution in [0.3, 0.4) is 0 Å². The number of rotatable bonds is 4. The van der Waals surface area contributed by atoms with Gasteiger partial charge >= 0.3 is 0 Å². The Kier molecular flexibility index (Phi) is 4.05. The second-order valence-corrected chi connectivity index (χ2v) is 11.4. The van der Waals surface area contributed by atoms with Crippen LogP contribution in [0.15, 0.2) is 12.1 Å². The molecule has 7 atom stereocenters. The van der Waals surface area contributed by atoms with Crippen molar-refractivity contribution >= 4 is 0 Å². The van der Waals surface area contributed by atoms with Gasteiger partial charge < -0.3 is 24.6 Å². The van der Waals surface area contributed by atoms with Crippen molar-refractivity contribution in [1.82, 2.24) is 4.90 Å². The molecule has 1 unspecified atom stereocenters. The van der Waals surface area contributed by atoms with Gasteiger partial charge in [0.15, 0.2) is 11.5 Å². The van der Waals surface area contributed by atoms with Crippen molar-refractivity contribution in [2.24, 2.45) is 11.3 Å². The molecule has 0 radical (unpaired) electrons. The Hall–Kier alpha value is -1.30. The highest BCUT2D eigenvalue weighted by atomic mass is 16.6. The molecule has 6 aliphatic rings. The second-order valence-electron chi connectivity index (χ2n) is 11.4. The number of piperidine rings is 1. The van der Waals surface area contributed by atoms with E-state index >= 15 is 0 Å². The predicted molar refractivity (Wildman–Crippen MR) is 119 cm³/mol. The zero-order valence-corrected chi connectivity index (χ0v) is 19.4. The summed E-state index contributed by atoms with van der Waals surface area (Å²) in [6.07, 6.45) is 7.72. The van der Waals surface area contributed by atoms with Crippen molar-refractivity contribution in [3.05, 3.63) is 23.3 Å². The van der Waals surface area contributed by atoms with Crippen LogP contribution in [-0.2, 0) is 16.6 Å². The lowest BCUT2D eigenvalue weighted by Gasteiger charge is -2.73. The maximum absolute atomic E-state index is 11.8. The molecule has 4 aliphatic carbocycles. The van der Waals surface area contributed by atoms with Crippen molar-refractivity contribution in [3.8, 4) is 11.5 Å². The lowest BCUT2D eigenvalue weighted by Crippen LogP contribution is -2.81. The number of hydrogen-bond donors (Lipinski definition) is 2. The molecule has 1 aromatic carbocycles. The van der Waals surface area contributed by atoms with Gasteiger partial charge in [-0.15, -0.1) is 0 Å². The summed E-state index contributed by atoms with van der Waals surface area (Å²) in [5.41, 5.74) is 1.19. The fourth-order valence-corrected chi connectivity index (χ4v) is 9.36. The highest BCUT2D eigenvalue weighted by molar-refractivity contribution is 5.62. The molecule has 5 nitrogen and oxygen atoms in total. The summed E-state index contributed by atoms with van der Waals surface area (Å²) < 4.78 is 13.3. The van der Waals surface area contributed by atoms with Crippen molar-refractivity contribution < 1.29 is 19.7 Å². The Bertz CT molecular complexity index is 930. The molecule has 1 saturated heterocycles. The monoisotopic (exact) mass is 427 g/mol. The van der Waals surface area contributed by atoms with Gasteiger partial charge in [-0.25, -0.2) is 0 Å². The van der Waals surface area contributed by atoms with E-state index in [0.717, 1.165) is 57.9 Å². The molecule has 4 fully saturated rings. The number of phenolic OH excluding ortho intramolecular Hbond substituents is 1. The predicted octanol–water partition coefficient (Wildman–Crippen LogP) is 3.78. The van der Waals surface area contributed by atoms with E-state index in [1.54, 1.807) is 0 Å². The third-order valence-corrected chi connectivity index (χ3v) is 10.4. The summed E-state index contributed by atoms with van der Waals surface area (Å²) in [7, 11) is 4.11. The minimum Gasteiger partial charge on any atom is -0.504 e. The van der Waals surface area contributed by atoms with Crippen molar-refractivity contribution in [2.45, 2.75) is 94.0 Å². The normalized spacial score (nSPS) is 44.4. The molecular formula is C26H37NO4. The molecule has 2 aliphatic heterocycles. The maximum atomic E-state index is 11.8. The van der Waals surface area contributed by atoms with E-state index in [2.05, 4.69) is 24.9 Å². The van der Waals surface area contributed by atoms with Gasteiger partial charge in [-0.1, -0.05) is 19.4 Å². The van der Waals surface area contributed by atoms with Gasteiger partial charge in [0, 0.05) is 35.5 Å². The lowest BCUT2D eigenvalue weighted by molar-refractivity contribution is -0.299. The average Bonchev–Trinajstić information content (AvgIpc) is 3.09. The number of aryl methyl sites for hydroxylation is 1. The third kappa shape index (κ3) is 2.10. The van der Waals surface area contributed by atoms with Crippen LogP contribution in [0.2, 0.25) is 0 Å². The van der Waals surface area contributed by atoms with Gasteiger partial charge in [0.2, 0.25) is 0 Å².